The van der Waals surface area contributed by atoms with Crippen molar-refractivity contribution in [3.05, 3.63) is 101 Å². The van der Waals surface area contributed by atoms with E-state index < -0.39 is 24.0 Å². The predicted octanol–water partition coefficient (Wildman–Crippen LogP) is 10.1. The molecule has 3 aliphatic heterocycles. The third-order valence-corrected chi connectivity index (χ3v) is 14.5. The Balaban J connectivity index is 0.00000817. The molecule has 0 aromatic carbocycles. The van der Waals surface area contributed by atoms with Crippen molar-refractivity contribution in [2.75, 3.05) is 13.7 Å². The number of esters is 2. The van der Waals surface area contributed by atoms with E-state index in [1.54, 1.807) is 6.08 Å². The van der Waals surface area contributed by atoms with E-state index in [0.717, 1.165) is 52.6 Å². The molecule has 0 amide bonds. The minimum Gasteiger partial charge on any atom is -0.681 e. The summed E-state index contributed by atoms with van der Waals surface area (Å²) in [6.45, 7) is 23.8. The van der Waals surface area contributed by atoms with E-state index in [0.29, 0.717) is 63.3 Å². The molecule has 0 spiro atoms. The smallest absolute Gasteiger partial charge is 0.681 e. The Morgan fingerprint density at radius 1 is 0.909 bits per heavy atom. The molecule has 8 bridgehead atoms. The average Bonchev–Trinajstić information content (AvgIpc) is 4.02. The first-order valence-electron chi connectivity index (χ1n) is 24.3. The van der Waals surface area contributed by atoms with E-state index in [1.807, 2.05) is 45.1 Å². The zero-order valence-corrected chi connectivity index (χ0v) is 42.9. The van der Waals surface area contributed by atoms with Crippen molar-refractivity contribution in [2.24, 2.45) is 35.5 Å². The normalized spacial score (nSPS) is 23.7. The Labute approximate surface area is 410 Å². The number of fused-ring (bicyclic) bond motifs is 8. The fourth-order valence-corrected chi connectivity index (χ4v) is 10.5. The fraction of sp³-hybridized carbons (Fsp3) is 0.564. The summed E-state index contributed by atoms with van der Waals surface area (Å²) < 4.78 is 11.1. The number of ketones is 1. The van der Waals surface area contributed by atoms with Crippen LogP contribution in [0.15, 0.2) is 46.3 Å². The second-order valence-corrected chi connectivity index (χ2v) is 19.7. The number of ether oxygens (including phenoxy) is 2. The second kappa shape index (κ2) is 23.6. The maximum absolute atomic E-state index is 14.4. The summed E-state index contributed by atoms with van der Waals surface area (Å²) in [5, 5.41) is 20.1. The zero-order chi connectivity index (χ0) is 47.1. The summed E-state index contributed by atoms with van der Waals surface area (Å²) in [6, 6.07) is -1.15. The Kier molecular flexibility index (Phi) is 18.8. The first kappa shape index (κ1) is 52.6. The number of Topliss-reactive ketones (excluding diaryl/α,β-unsaturated/α-hetero) is 1. The summed E-state index contributed by atoms with van der Waals surface area (Å²) >= 11 is 0. The topological polar surface area (TPSA) is 150 Å². The molecule has 0 radical (unpaired) electrons. The van der Waals surface area contributed by atoms with Crippen LogP contribution in [0.2, 0.25) is 0 Å². The number of carbonyl (C=O) groups excluding carboxylic acids is 3. The second-order valence-electron chi connectivity index (χ2n) is 19.7. The molecule has 0 saturated carbocycles. The molecule has 10 nitrogen and oxygen atoms in total. The van der Waals surface area contributed by atoms with Gasteiger partial charge < -0.3 is 35.5 Å². The molecule has 2 aromatic heterocycles. The molecule has 352 valence electrons. The van der Waals surface area contributed by atoms with Gasteiger partial charge in [-0.05, 0) is 93.2 Å². The minimum atomic E-state index is -1.20. The van der Waals surface area contributed by atoms with Crippen molar-refractivity contribution in [3.63, 3.8) is 0 Å². The predicted molar refractivity (Wildman–Crippen MR) is 268 cm³/mol. The number of hydrogen-bond donors (Lipinski definition) is 1. The number of aromatic nitrogens is 2. The molecule has 1 fully saturated rings. The Hall–Kier alpha value is -4.35. The summed E-state index contributed by atoms with van der Waals surface area (Å²) in [5.41, 5.74) is 8.94. The van der Waals surface area contributed by atoms with Crippen LogP contribution in [0.3, 0.4) is 0 Å². The molecule has 5 heterocycles. The fourth-order valence-electron chi connectivity index (χ4n) is 10.5. The Bertz CT molecular complexity index is 2390. The first-order valence-corrected chi connectivity index (χ1v) is 24.3. The molecular weight excluding hydrogens is 835 g/mol. The summed E-state index contributed by atoms with van der Waals surface area (Å²) in [6.07, 6.45) is 23.4. The minimum absolute atomic E-state index is 0. The van der Waals surface area contributed by atoms with Gasteiger partial charge in [0.25, 0.3) is 0 Å². The molecule has 7 atom stereocenters. The van der Waals surface area contributed by atoms with Gasteiger partial charge in [-0.1, -0.05) is 151 Å². The molecule has 11 heteroatoms. The van der Waals surface area contributed by atoms with Crippen LogP contribution in [0.25, 0.3) is 34.9 Å². The van der Waals surface area contributed by atoms with Gasteiger partial charge in [-0.25, -0.2) is 0 Å². The van der Waals surface area contributed by atoms with Gasteiger partial charge in [-0.2, -0.15) is 5.70 Å². The average molecular weight is 909 g/mol. The van der Waals surface area contributed by atoms with Gasteiger partial charge in [-0.15, -0.1) is 33.9 Å². The number of rotatable bonds is 21. The maximum Gasteiger partial charge on any atom is 2.00 e. The van der Waals surface area contributed by atoms with Gasteiger partial charge in [0.1, 0.15) is 12.5 Å². The van der Waals surface area contributed by atoms with E-state index >= 15 is 0 Å². The number of allylic oxidation sites excluding steroid dienone is 3. The third-order valence-electron chi connectivity index (χ3n) is 14.5. The number of methoxy groups -OCH3 is 1. The summed E-state index contributed by atoms with van der Waals surface area (Å²) in [4.78, 5) is 51.5. The molecule has 1 N–H and O–H groups in total. The van der Waals surface area contributed by atoms with Crippen LogP contribution in [-0.2, 0) is 30.3 Å². The van der Waals surface area contributed by atoms with Gasteiger partial charge in [0.2, 0.25) is 0 Å². The van der Waals surface area contributed by atoms with Crippen LogP contribution in [0, 0.1) is 47.8 Å². The van der Waals surface area contributed by atoms with Gasteiger partial charge in [0, 0.05) is 18.2 Å². The molecule has 2 unspecified atom stereocenters. The van der Waals surface area contributed by atoms with Crippen molar-refractivity contribution in [1.82, 2.24) is 9.97 Å². The molecule has 6 rings (SSSR count). The van der Waals surface area contributed by atoms with E-state index in [2.05, 4.69) is 48.1 Å². The largest absolute Gasteiger partial charge is 2.00 e. The number of carbonyl (C=O) groups is 3. The van der Waals surface area contributed by atoms with Crippen LogP contribution < -0.4 is 20.7 Å². The standard InChI is InChI=1S/C55H73N5O5.Mg/c1-12-38-35(8)42-27-43-36(9)40(23-24-48(61)65-26-25-34(7)22-16-21-33(6)20-15-19-32(5)18-14-17-31(3)4)52(59-43)50-51(55(63)64-11)54(62)49-37(10)44(60-53(49)50)28-46-39(13-2)41(30-56)47(58-46)29-45(38)57-42;/h12,25,27-33,36,40,44,51-52,56H,1,13-24,26H2,2-11H3;/q-4;+2/b34-25+,43-27-,46-28-,47-29-,56-30?;/t32-,33-,36+,40+,44?,51-,52?;/m1./s1. The molecular formula is C55H73MgN5O5-2. The molecule has 66 heavy (non-hydrogen) atoms. The first-order chi connectivity index (χ1) is 31.1. The van der Waals surface area contributed by atoms with E-state index in [9.17, 15) is 14.4 Å². The van der Waals surface area contributed by atoms with Crippen LogP contribution in [0.1, 0.15) is 160 Å². The quantitative estimate of drug-likeness (QED) is 0.0431. The Morgan fingerprint density at radius 3 is 2.23 bits per heavy atom. The monoisotopic (exact) mass is 908 g/mol. The molecule has 2 aromatic rings. The van der Waals surface area contributed by atoms with Gasteiger partial charge in [0.05, 0.1) is 7.11 Å². The number of nitrogens with one attached hydrogen (secondary N) is 1. The van der Waals surface area contributed by atoms with E-state index in [-0.39, 0.29) is 59.7 Å². The van der Waals surface area contributed by atoms with Crippen LogP contribution in [0.4, 0.5) is 0 Å². The number of hydrogen-bond acceptors (Lipinski definition) is 6. The van der Waals surface area contributed by atoms with Crippen molar-refractivity contribution in [3.8, 4) is 0 Å². The number of nitrogens with zero attached hydrogens (tertiary/aromatic N) is 4. The van der Waals surface area contributed by atoms with Crippen molar-refractivity contribution in [2.45, 2.75) is 151 Å². The van der Waals surface area contributed by atoms with Crippen LogP contribution >= 0.6 is 0 Å². The summed E-state index contributed by atoms with van der Waals surface area (Å²) in [5.74, 6) is -0.602. The van der Waals surface area contributed by atoms with Gasteiger partial charge in [-0.3, -0.25) is 14.4 Å². The van der Waals surface area contributed by atoms with Crippen molar-refractivity contribution >= 4 is 71.3 Å². The van der Waals surface area contributed by atoms with Crippen molar-refractivity contribution < 1.29 is 23.9 Å². The third kappa shape index (κ3) is 11.7. The SMILES string of the molecule is C=Cc1c2[n-]c(c1C)/C=C1\[N-]C(C3=C4[N-]C(/C=c5\[n-]/c(c(C=N)c5CC)=C\2)C(C)=C4C(=O)[C@@H]3C(=O)OC)[C@@H](CCC(=O)OC/C=C(\C)CCC[C@H](C)CCC[C@H](C)CCCC(C)C)[C@@H]1C.[Mg+2]. The Morgan fingerprint density at radius 2 is 1.59 bits per heavy atom. The molecule has 4 aliphatic rings. The van der Waals surface area contributed by atoms with Crippen molar-refractivity contribution in [1.29, 1.82) is 5.41 Å². The van der Waals surface area contributed by atoms with Crippen LogP contribution in [0.5, 0.6) is 0 Å². The molecule has 1 saturated heterocycles. The zero-order valence-electron chi connectivity index (χ0n) is 41.5. The van der Waals surface area contributed by atoms with Gasteiger partial charge in [0.15, 0.2) is 5.78 Å². The van der Waals surface area contributed by atoms with Crippen LogP contribution in [-0.4, -0.2) is 72.8 Å². The van der Waals surface area contributed by atoms with E-state index in [1.165, 1.54) is 63.8 Å². The maximum atomic E-state index is 14.4. The molecule has 1 aliphatic carbocycles. The van der Waals surface area contributed by atoms with Gasteiger partial charge >= 0.3 is 35.0 Å². The van der Waals surface area contributed by atoms with E-state index in [4.69, 9.17) is 35.5 Å². The summed E-state index contributed by atoms with van der Waals surface area (Å²) in [7, 11) is 1.30.